The smallest absolute Gasteiger partial charge is 0.256 e. The number of hydrogen-bond acceptors (Lipinski definition) is 3. The average Bonchev–Trinajstić information content (AvgIpc) is 3.04. The van der Waals surface area contributed by atoms with Crippen LogP contribution in [0.25, 0.3) is 11.0 Å². The number of nitrogens with one attached hydrogen (secondary N) is 1. The van der Waals surface area contributed by atoms with Gasteiger partial charge in [0, 0.05) is 25.5 Å². The Labute approximate surface area is 129 Å². The highest BCUT2D eigenvalue weighted by Gasteiger charge is 2.17. The lowest BCUT2D eigenvalue weighted by Gasteiger charge is -2.21. The number of imidazole rings is 1. The molecule has 0 aliphatic heterocycles. The Morgan fingerprint density at radius 2 is 2.05 bits per heavy atom. The summed E-state index contributed by atoms with van der Waals surface area (Å²) in [7, 11) is 0. The molecule has 0 unspecified atom stereocenters. The maximum absolute atomic E-state index is 12.8. The molecule has 3 aromatic rings. The second-order valence-corrected chi connectivity index (χ2v) is 5.09. The van der Waals surface area contributed by atoms with Gasteiger partial charge in [-0.3, -0.25) is 9.78 Å². The van der Waals surface area contributed by atoms with Crippen LogP contribution in [-0.4, -0.2) is 38.8 Å². The normalized spacial score (nSPS) is 10.8. The van der Waals surface area contributed by atoms with Crippen molar-refractivity contribution in [3.63, 3.8) is 0 Å². The minimum absolute atomic E-state index is 0.0225. The fraction of sp³-hybridized carbons (Fsp3) is 0.235. The number of carbonyl (C=O) groups is 1. The predicted octanol–water partition coefficient (Wildman–Crippen LogP) is 2.66. The number of carbonyl (C=O) groups excluding carboxylic acids is 1. The first-order valence-electron chi connectivity index (χ1n) is 7.40. The maximum atomic E-state index is 12.8. The van der Waals surface area contributed by atoms with E-state index in [4.69, 9.17) is 0 Å². The minimum Gasteiger partial charge on any atom is -0.345 e. The zero-order valence-corrected chi connectivity index (χ0v) is 12.5. The Morgan fingerprint density at radius 3 is 2.82 bits per heavy atom. The molecule has 0 fully saturated rings. The second-order valence-electron chi connectivity index (χ2n) is 5.09. The zero-order valence-electron chi connectivity index (χ0n) is 12.5. The molecule has 0 radical (unpaired) electrons. The lowest BCUT2D eigenvalue weighted by atomic mass is 10.1. The van der Waals surface area contributed by atoms with E-state index in [1.807, 2.05) is 42.2 Å². The summed E-state index contributed by atoms with van der Waals surface area (Å²) in [6.45, 7) is 3.35. The largest absolute Gasteiger partial charge is 0.345 e. The minimum atomic E-state index is 0.0225. The highest BCUT2D eigenvalue weighted by atomic mass is 16.2. The molecule has 112 valence electrons. The summed E-state index contributed by atoms with van der Waals surface area (Å²) in [5, 5.41) is 0. The summed E-state index contributed by atoms with van der Waals surface area (Å²) < 4.78 is 0. The number of fused-ring (bicyclic) bond motifs is 1. The molecule has 5 nitrogen and oxygen atoms in total. The number of aromatic nitrogens is 3. The summed E-state index contributed by atoms with van der Waals surface area (Å²) in [4.78, 5) is 25.9. The molecular weight excluding hydrogens is 276 g/mol. The predicted molar refractivity (Wildman–Crippen MR) is 85.6 cm³/mol. The summed E-state index contributed by atoms with van der Waals surface area (Å²) in [5.41, 5.74) is 3.44. The Kier molecular flexibility index (Phi) is 4.14. The van der Waals surface area contributed by atoms with Gasteiger partial charge in [0.15, 0.2) is 0 Å². The molecule has 5 heteroatoms. The van der Waals surface area contributed by atoms with E-state index in [-0.39, 0.29) is 5.91 Å². The van der Waals surface area contributed by atoms with Gasteiger partial charge in [-0.05, 0) is 43.2 Å². The van der Waals surface area contributed by atoms with Gasteiger partial charge in [0.05, 0.1) is 17.4 Å². The third-order valence-corrected chi connectivity index (χ3v) is 3.77. The van der Waals surface area contributed by atoms with Crippen molar-refractivity contribution in [1.29, 1.82) is 0 Å². The first-order valence-corrected chi connectivity index (χ1v) is 7.40. The monoisotopic (exact) mass is 294 g/mol. The number of para-hydroxylation sites is 1. The number of rotatable bonds is 5. The molecule has 0 spiro atoms. The molecule has 1 aromatic carbocycles. The van der Waals surface area contributed by atoms with E-state index in [1.165, 1.54) is 5.56 Å². The number of aromatic amines is 1. The number of likely N-dealkylation sites (N-methyl/N-ethyl adjacent to an activating group) is 1. The van der Waals surface area contributed by atoms with Crippen molar-refractivity contribution in [2.24, 2.45) is 0 Å². The lowest BCUT2D eigenvalue weighted by molar-refractivity contribution is 0.0768. The number of hydrogen-bond donors (Lipinski definition) is 1. The summed E-state index contributed by atoms with van der Waals surface area (Å²) in [6.07, 6.45) is 5.99. The van der Waals surface area contributed by atoms with Crippen molar-refractivity contribution in [3.8, 4) is 0 Å². The van der Waals surface area contributed by atoms with Gasteiger partial charge in [-0.25, -0.2) is 4.98 Å². The third kappa shape index (κ3) is 2.83. The van der Waals surface area contributed by atoms with Crippen molar-refractivity contribution >= 4 is 16.9 Å². The van der Waals surface area contributed by atoms with Crippen LogP contribution in [0.3, 0.4) is 0 Å². The van der Waals surface area contributed by atoms with Crippen molar-refractivity contribution in [2.75, 3.05) is 13.1 Å². The molecule has 0 aliphatic rings. The van der Waals surface area contributed by atoms with E-state index in [2.05, 4.69) is 15.0 Å². The van der Waals surface area contributed by atoms with Gasteiger partial charge in [0.2, 0.25) is 0 Å². The van der Waals surface area contributed by atoms with Crippen LogP contribution in [0.15, 0.2) is 49.1 Å². The highest BCUT2D eigenvalue weighted by molar-refractivity contribution is 6.04. The molecule has 0 saturated heterocycles. The van der Waals surface area contributed by atoms with Crippen molar-refractivity contribution in [2.45, 2.75) is 13.3 Å². The topological polar surface area (TPSA) is 61.9 Å². The fourth-order valence-corrected chi connectivity index (χ4v) is 2.53. The van der Waals surface area contributed by atoms with Gasteiger partial charge < -0.3 is 9.88 Å². The number of H-pyrrole nitrogens is 1. The van der Waals surface area contributed by atoms with E-state index >= 15 is 0 Å². The molecule has 0 aliphatic carbocycles. The van der Waals surface area contributed by atoms with Gasteiger partial charge in [0.1, 0.15) is 5.52 Å². The number of amides is 1. The Bertz CT molecular complexity index is 766. The van der Waals surface area contributed by atoms with E-state index in [1.54, 1.807) is 18.7 Å². The van der Waals surface area contributed by atoms with Gasteiger partial charge in [0.25, 0.3) is 5.91 Å². The van der Waals surface area contributed by atoms with Crippen LogP contribution in [0.5, 0.6) is 0 Å². The van der Waals surface area contributed by atoms with Crippen LogP contribution in [0, 0.1) is 0 Å². The van der Waals surface area contributed by atoms with E-state index in [0.717, 1.165) is 17.5 Å². The standard InChI is InChI=1S/C17H18N4O/c1-2-21(11-8-13-6-9-18-10-7-13)17(22)14-4-3-5-15-16(14)20-12-19-15/h3-7,9-10,12H,2,8,11H2,1H3,(H,19,20). The van der Waals surface area contributed by atoms with E-state index in [9.17, 15) is 4.79 Å². The Morgan fingerprint density at radius 1 is 1.23 bits per heavy atom. The van der Waals surface area contributed by atoms with Crippen molar-refractivity contribution in [3.05, 3.63) is 60.2 Å². The maximum Gasteiger partial charge on any atom is 0.256 e. The van der Waals surface area contributed by atoms with Crippen LogP contribution in [0.1, 0.15) is 22.8 Å². The van der Waals surface area contributed by atoms with Crippen molar-refractivity contribution < 1.29 is 4.79 Å². The molecule has 0 saturated carbocycles. The number of pyridine rings is 1. The molecule has 0 bridgehead atoms. The second kappa shape index (κ2) is 6.39. The molecule has 3 rings (SSSR count). The van der Waals surface area contributed by atoms with Gasteiger partial charge in [-0.2, -0.15) is 0 Å². The molecule has 2 heterocycles. The van der Waals surface area contributed by atoms with Gasteiger partial charge >= 0.3 is 0 Å². The first kappa shape index (κ1) is 14.3. The van der Waals surface area contributed by atoms with E-state index < -0.39 is 0 Å². The molecule has 1 amide bonds. The van der Waals surface area contributed by atoms with Gasteiger partial charge in [-0.1, -0.05) is 6.07 Å². The third-order valence-electron chi connectivity index (χ3n) is 3.77. The quantitative estimate of drug-likeness (QED) is 0.787. The zero-order chi connectivity index (χ0) is 15.4. The fourth-order valence-electron chi connectivity index (χ4n) is 2.53. The SMILES string of the molecule is CCN(CCc1ccncc1)C(=O)c1cccc2[nH]cnc12. The van der Waals surface area contributed by atoms with E-state index in [0.29, 0.717) is 18.7 Å². The molecular formula is C17H18N4O. The van der Waals surface area contributed by atoms with Crippen molar-refractivity contribution in [1.82, 2.24) is 19.9 Å². The highest BCUT2D eigenvalue weighted by Crippen LogP contribution is 2.17. The first-order chi connectivity index (χ1) is 10.8. The van der Waals surface area contributed by atoms with Crippen LogP contribution >= 0.6 is 0 Å². The Balaban J connectivity index is 1.78. The summed E-state index contributed by atoms with van der Waals surface area (Å²) >= 11 is 0. The summed E-state index contributed by atoms with van der Waals surface area (Å²) in [6, 6.07) is 9.59. The van der Waals surface area contributed by atoms with Crippen LogP contribution in [0.4, 0.5) is 0 Å². The van der Waals surface area contributed by atoms with Crippen LogP contribution in [0.2, 0.25) is 0 Å². The summed E-state index contributed by atoms with van der Waals surface area (Å²) in [5.74, 6) is 0.0225. The van der Waals surface area contributed by atoms with Gasteiger partial charge in [-0.15, -0.1) is 0 Å². The Hall–Kier alpha value is -2.69. The average molecular weight is 294 g/mol. The van der Waals surface area contributed by atoms with Crippen LogP contribution in [-0.2, 0) is 6.42 Å². The number of benzene rings is 1. The number of nitrogens with zero attached hydrogens (tertiary/aromatic N) is 3. The molecule has 0 atom stereocenters. The molecule has 2 aromatic heterocycles. The molecule has 1 N–H and O–H groups in total. The molecule has 22 heavy (non-hydrogen) atoms. The lowest BCUT2D eigenvalue weighted by Crippen LogP contribution is -2.32. The van der Waals surface area contributed by atoms with Crippen LogP contribution < -0.4 is 0 Å².